The van der Waals surface area contributed by atoms with Gasteiger partial charge in [-0.2, -0.15) is 0 Å². The van der Waals surface area contributed by atoms with Crippen molar-refractivity contribution in [1.29, 1.82) is 0 Å². The van der Waals surface area contributed by atoms with Crippen LogP contribution in [0.5, 0.6) is 0 Å². The molecule has 1 heterocycles. The number of hydrogen-bond donors (Lipinski definition) is 0. The smallest absolute Gasteiger partial charge is 0.410 e. The quantitative estimate of drug-likeness (QED) is 0.682. The van der Waals surface area contributed by atoms with Crippen LogP contribution in [-0.2, 0) is 9.53 Å². The minimum atomic E-state index is -3.20. The van der Waals surface area contributed by atoms with Gasteiger partial charge in [0, 0.05) is 6.54 Å². The zero-order valence-electron chi connectivity index (χ0n) is 11.1. The molecular formula is C12H19F2NO3. The average Bonchev–Trinajstić information content (AvgIpc) is 2.12. The van der Waals surface area contributed by atoms with E-state index in [9.17, 15) is 18.4 Å². The summed E-state index contributed by atoms with van der Waals surface area (Å²) in [5, 5.41) is 0. The number of hydrogen-bond acceptors (Lipinski definition) is 3. The number of nitrogens with zero attached hydrogens (tertiary/aromatic N) is 1. The second-order valence-corrected chi connectivity index (χ2v) is 5.76. The van der Waals surface area contributed by atoms with Crippen molar-refractivity contribution in [2.75, 3.05) is 13.1 Å². The molecule has 1 aliphatic rings. The summed E-state index contributed by atoms with van der Waals surface area (Å²) < 4.78 is 32.4. The van der Waals surface area contributed by atoms with E-state index in [4.69, 9.17) is 4.74 Å². The Bertz CT molecular complexity index is 339. The normalized spacial score (nSPS) is 27.8. The van der Waals surface area contributed by atoms with Crippen LogP contribution in [0.3, 0.4) is 0 Å². The lowest BCUT2D eigenvalue weighted by molar-refractivity contribution is -0.146. The molecule has 1 rings (SSSR count). The Morgan fingerprint density at radius 3 is 2.39 bits per heavy atom. The van der Waals surface area contributed by atoms with Crippen molar-refractivity contribution in [3.8, 4) is 0 Å². The Hall–Kier alpha value is -1.20. The number of likely N-dealkylation sites (tertiary alicyclic amines) is 1. The number of carbonyl (C=O) groups excluding carboxylic acids is 2. The summed E-state index contributed by atoms with van der Waals surface area (Å²) in [5.41, 5.74) is -0.725. The monoisotopic (exact) mass is 263 g/mol. The molecule has 0 unspecified atom stereocenters. The fourth-order valence-electron chi connectivity index (χ4n) is 2.00. The summed E-state index contributed by atoms with van der Waals surface area (Å²) in [7, 11) is 0. The second kappa shape index (κ2) is 4.82. The molecule has 2 atom stereocenters. The third-order valence-electron chi connectivity index (χ3n) is 2.81. The fourth-order valence-corrected chi connectivity index (χ4v) is 2.00. The number of ether oxygens (including phenoxy) is 1. The zero-order valence-corrected chi connectivity index (χ0v) is 11.1. The molecule has 0 saturated carbocycles. The van der Waals surface area contributed by atoms with Gasteiger partial charge in [0.25, 0.3) is 5.92 Å². The van der Waals surface area contributed by atoms with Crippen LogP contribution >= 0.6 is 0 Å². The van der Waals surface area contributed by atoms with E-state index in [1.807, 2.05) is 0 Å². The predicted octanol–water partition coefficient (Wildman–Crippen LogP) is 2.32. The molecule has 1 aliphatic heterocycles. The first-order valence-electron chi connectivity index (χ1n) is 5.88. The van der Waals surface area contributed by atoms with Crippen LogP contribution in [0.2, 0.25) is 0 Å². The maximum Gasteiger partial charge on any atom is 0.410 e. The van der Waals surface area contributed by atoms with E-state index >= 15 is 0 Å². The molecule has 0 aromatic carbocycles. The highest BCUT2D eigenvalue weighted by Gasteiger charge is 2.50. The van der Waals surface area contributed by atoms with Crippen molar-refractivity contribution in [1.82, 2.24) is 4.90 Å². The summed E-state index contributed by atoms with van der Waals surface area (Å²) in [4.78, 5) is 23.4. The topological polar surface area (TPSA) is 46.6 Å². The van der Waals surface area contributed by atoms with E-state index in [0.717, 1.165) is 4.90 Å². The zero-order chi connectivity index (χ0) is 14.1. The van der Waals surface area contributed by atoms with Gasteiger partial charge in [0.15, 0.2) is 0 Å². The van der Waals surface area contributed by atoms with E-state index in [1.54, 1.807) is 20.8 Å². The van der Waals surface area contributed by atoms with E-state index in [0.29, 0.717) is 0 Å². The summed E-state index contributed by atoms with van der Waals surface area (Å²) in [5.74, 6) is -5.12. The van der Waals surface area contributed by atoms with Crippen molar-refractivity contribution in [3.63, 3.8) is 0 Å². The van der Waals surface area contributed by atoms with Gasteiger partial charge in [-0.3, -0.25) is 0 Å². The van der Waals surface area contributed by atoms with E-state index in [1.165, 1.54) is 6.92 Å². The first-order chi connectivity index (χ1) is 8.07. The van der Waals surface area contributed by atoms with Crippen LogP contribution in [0, 0.1) is 11.8 Å². The molecule has 1 saturated heterocycles. The minimum Gasteiger partial charge on any atom is -0.444 e. The summed E-state index contributed by atoms with van der Waals surface area (Å²) in [6.45, 7) is 5.88. The van der Waals surface area contributed by atoms with Crippen LogP contribution in [0.25, 0.3) is 0 Å². The lowest BCUT2D eigenvalue weighted by atomic mass is 9.85. The Balaban J connectivity index is 2.77. The van der Waals surface area contributed by atoms with Crippen molar-refractivity contribution >= 4 is 12.4 Å². The second-order valence-electron chi connectivity index (χ2n) is 5.76. The van der Waals surface area contributed by atoms with Crippen molar-refractivity contribution < 1.29 is 23.1 Å². The summed E-state index contributed by atoms with van der Waals surface area (Å²) >= 11 is 0. The Labute approximate surface area is 105 Å². The molecule has 0 aliphatic carbocycles. The molecule has 18 heavy (non-hydrogen) atoms. The highest BCUT2D eigenvalue weighted by atomic mass is 19.3. The molecule has 4 nitrogen and oxygen atoms in total. The highest BCUT2D eigenvalue weighted by molar-refractivity contribution is 5.69. The molecule has 0 radical (unpaired) electrons. The van der Waals surface area contributed by atoms with Gasteiger partial charge in [-0.05, 0) is 26.7 Å². The van der Waals surface area contributed by atoms with Gasteiger partial charge in [0.1, 0.15) is 11.9 Å². The maximum absolute atomic E-state index is 13.7. The molecule has 1 amide bonds. The van der Waals surface area contributed by atoms with Gasteiger partial charge in [-0.25, -0.2) is 13.6 Å². The first-order valence-corrected chi connectivity index (χ1v) is 5.88. The molecule has 1 fully saturated rings. The Kier molecular flexibility index (Phi) is 3.98. The average molecular weight is 263 g/mol. The fraction of sp³-hybridized carbons (Fsp3) is 0.833. The minimum absolute atomic E-state index is 0.105. The van der Waals surface area contributed by atoms with Gasteiger partial charge < -0.3 is 14.4 Å². The molecule has 104 valence electrons. The number of alkyl halides is 2. The van der Waals surface area contributed by atoms with Gasteiger partial charge in [-0.15, -0.1) is 0 Å². The Morgan fingerprint density at radius 2 is 2.00 bits per heavy atom. The lowest BCUT2D eigenvalue weighted by Crippen LogP contribution is -2.55. The standard InChI is InChI=1S/C12H19F2NO3/c1-8-5-15(10(17)18-11(2,3)4)7-12(13,14)9(8)6-16/h6,8-9H,5,7H2,1-4H3/t8-,9-/m1/s1. The number of amides is 1. The van der Waals surface area contributed by atoms with Gasteiger partial charge >= 0.3 is 6.09 Å². The maximum atomic E-state index is 13.7. The van der Waals surface area contributed by atoms with Gasteiger partial charge in [-0.1, -0.05) is 6.92 Å². The SMILES string of the molecule is C[C@@H]1CN(C(=O)OC(C)(C)C)CC(F)(F)[C@@H]1C=O. The molecule has 0 aromatic rings. The molecule has 0 N–H and O–H groups in total. The number of piperidine rings is 1. The van der Waals surface area contributed by atoms with Gasteiger partial charge in [0.05, 0.1) is 12.5 Å². The van der Waals surface area contributed by atoms with Crippen LogP contribution < -0.4 is 0 Å². The molecule has 6 heteroatoms. The number of aldehydes is 1. The van der Waals surface area contributed by atoms with Crippen LogP contribution in [0.1, 0.15) is 27.7 Å². The van der Waals surface area contributed by atoms with Crippen LogP contribution in [0.15, 0.2) is 0 Å². The largest absolute Gasteiger partial charge is 0.444 e. The Morgan fingerprint density at radius 1 is 1.44 bits per heavy atom. The number of halogens is 2. The summed E-state index contributed by atoms with van der Waals surface area (Å²) in [6.07, 6.45) is -0.490. The van der Waals surface area contributed by atoms with Crippen molar-refractivity contribution in [2.45, 2.75) is 39.2 Å². The molecule has 0 bridgehead atoms. The number of rotatable bonds is 1. The van der Waals surface area contributed by atoms with Crippen molar-refractivity contribution in [2.24, 2.45) is 11.8 Å². The first kappa shape index (κ1) is 14.9. The van der Waals surface area contributed by atoms with Crippen molar-refractivity contribution in [3.05, 3.63) is 0 Å². The van der Waals surface area contributed by atoms with Crippen LogP contribution in [0.4, 0.5) is 13.6 Å². The highest BCUT2D eigenvalue weighted by Crippen LogP contribution is 2.35. The predicted molar refractivity (Wildman–Crippen MR) is 61.5 cm³/mol. The summed E-state index contributed by atoms with van der Waals surface area (Å²) in [6, 6.07) is 0. The van der Waals surface area contributed by atoms with E-state index in [2.05, 4.69) is 0 Å². The molecule has 0 aromatic heterocycles. The molecule has 0 spiro atoms. The third kappa shape index (κ3) is 3.40. The molecular weight excluding hydrogens is 244 g/mol. The lowest BCUT2D eigenvalue weighted by Gasteiger charge is -2.40. The van der Waals surface area contributed by atoms with E-state index in [-0.39, 0.29) is 12.8 Å². The number of carbonyl (C=O) groups is 2. The van der Waals surface area contributed by atoms with Crippen LogP contribution in [-0.4, -0.2) is 41.9 Å². The van der Waals surface area contributed by atoms with Gasteiger partial charge in [0.2, 0.25) is 0 Å². The third-order valence-corrected chi connectivity index (χ3v) is 2.81. The van der Waals surface area contributed by atoms with E-state index < -0.39 is 36.0 Å².